The predicted molar refractivity (Wildman–Crippen MR) is 82.7 cm³/mol. The number of anilines is 1. The van der Waals surface area contributed by atoms with E-state index >= 15 is 0 Å². The van der Waals surface area contributed by atoms with E-state index in [9.17, 15) is 0 Å². The molecule has 1 unspecified atom stereocenters. The van der Waals surface area contributed by atoms with Crippen LogP contribution in [0.5, 0.6) is 0 Å². The highest BCUT2D eigenvalue weighted by atomic mass is 15.2. The zero-order valence-electron chi connectivity index (χ0n) is 12.5. The third-order valence-corrected chi connectivity index (χ3v) is 3.97. The van der Waals surface area contributed by atoms with Gasteiger partial charge in [-0.05, 0) is 45.1 Å². The van der Waals surface area contributed by atoms with Gasteiger partial charge in [0.15, 0.2) is 0 Å². The summed E-state index contributed by atoms with van der Waals surface area (Å²) in [5, 5.41) is 3.51. The molecule has 1 aromatic carbocycles. The molecule has 0 aromatic heterocycles. The van der Waals surface area contributed by atoms with Crippen LogP contribution in [0.3, 0.4) is 0 Å². The summed E-state index contributed by atoms with van der Waals surface area (Å²) in [5.74, 6) is 0. The van der Waals surface area contributed by atoms with Crippen LogP contribution in [0.25, 0.3) is 0 Å². The minimum absolute atomic E-state index is 0.691. The third-order valence-electron chi connectivity index (χ3n) is 3.97. The summed E-state index contributed by atoms with van der Waals surface area (Å²) in [6.07, 6.45) is 2.46. The monoisotopic (exact) mass is 261 g/mol. The standard InChI is InChI=1S/C16H27N3/c1-4-10-17-12-14-7-5-6-8-16(14)19-11-9-15(13-19)18(2)3/h5-8,15,17H,4,9-13H2,1-3H3. The van der Waals surface area contributed by atoms with Gasteiger partial charge in [-0.15, -0.1) is 0 Å². The molecule has 1 atom stereocenters. The Bertz CT molecular complexity index is 389. The molecule has 1 aliphatic heterocycles. The summed E-state index contributed by atoms with van der Waals surface area (Å²) in [7, 11) is 4.37. The Labute approximate surface area is 117 Å². The van der Waals surface area contributed by atoms with E-state index in [0.29, 0.717) is 6.04 Å². The summed E-state index contributed by atoms with van der Waals surface area (Å²) in [4.78, 5) is 4.88. The number of benzene rings is 1. The van der Waals surface area contributed by atoms with Gasteiger partial charge in [-0.1, -0.05) is 25.1 Å². The minimum atomic E-state index is 0.691. The van der Waals surface area contributed by atoms with E-state index in [1.165, 1.54) is 30.6 Å². The Balaban J connectivity index is 2.03. The van der Waals surface area contributed by atoms with Crippen LogP contribution in [0.4, 0.5) is 5.69 Å². The lowest BCUT2D eigenvalue weighted by Crippen LogP contribution is -2.32. The van der Waals surface area contributed by atoms with Crippen molar-refractivity contribution in [3.8, 4) is 0 Å². The van der Waals surface area contributed by atoms with Crippen LogP contribution in [-0.2, 0) is 6.54 Å². The van der Waals surface area contributed by atoms with Crippen molar-refractivity contribution in [3.63, 3.8) is 0 Å². The van der Waals surface area contributed by atoms with Gasteiger partial charge in [-0.3, -0.25) is 0 Å². The number of hydrogen-bond acceptors (Lipinski definition) is 3. The Hall–Kier alpha value is -1.06. The van der Waals surface area contributed by atoms with Crippen LogP contribution < -0.4 is 10.2 Å². The molecule has 19 heavy (non-hydrogen) atoms. The number of rotatable bonds is 6. The number of likely N-dealkylation sites (N-methyl/N-ethyl adjacent to an activating group) is 1. The number of hydrogen-bond donors (Lipinski definition) is 1. The van der Waals surface area contributed by atoms with Gasteiger partial charge < -0.3 is 15.1 Å². The maximum atomic E-state index is 3.51. The molecule has 0 spiro atoms. The molecule has 3 nitrogen and oxygen atoms in total. The first-order valence-electron chi connectivity index (χ1n) is 7.42. The topological polar surface area (TPSA) is 18.5 Å². The van der Waals surface area contributed by atoms with Crippen LogP contribution in [0.15, 0.2) is 24.3 Å². The van der Waals surface area contributed by atoms with E-state index in [4.69, 9.17) is 0 Å². The lowest BCUT2D eigenvalue weighted by molar-refractivity contribution is 0.315. The first-order chi connectivity index (χ1) is 9.22. The fourth-order valence-corrected chi connectivity index (χ4v) is 2.75. The Morgan fingerprint density at radius 2 is 2.11 bits per heavy atom. The molecular weight excluding hydrogens is 234 g/mol. The number of para-hydroxylation sites is 1. The van der Waals surface area contributed by atoms with Gasteiger partial charge >= 0.3 is 0 Å². The van der Waals surface area contributed by atoms with Crippen molar-refractivity contribution in [3.05, 3.63) is 29.8 Å². The summed E-state index contributed by atoms with van der Waals surface area (Å²) < 4.78 is 0. The fourth-order valence-electron chi connectivity index (χ4n) is 2.75. The fraction of sp³-hybridized carbons (Fsp3) is 0.625. The molecule has 1 aromatic rings. The summed E-state index contributed by atoms with van der Waals surface area (Å²) in [6.45, 7) is 6.61. The number of nitrogens with one attached hydrogen (secondary N) is 1. The van der Waals surface area contributed by atoms with E-state index in [2.05, 4.69) is 60.4 Å². The second kappa shape index (κ2) is 6.92. The van der Waals surface area contributed by atoms with E-state index in [1.54, 1.807) is 0 Å². The highest BCUT2D eigenvalue weighted by Gasteiger charge is 2.25. The first-order valence-corrected chi connectivity index (χ1v) is 7.42. The van der Waals surface area contributed by atoms with Crippen LogP contribution >= 0.6 is 0 Å². The molecule has 1 saturated heterocycles. The summed E-state index contributed by atoms with van der Waals surface area (Å²) >= 11 is 0. The van der Waals surface area contributed by atoms with Gasteiger partial charge in [0.05, 0.1) is 0 Å². The minimum Gasteiger partial charge on any atom is -0.370 e. The highest BCUT2D eigenvalue weighted by Crippen LogP contribution is 2.25. The second-order valence-electron chi connectivity index (χ2n) is 5.66. The van der Waals surface area contributed by atoms with Gasteiger partial charge in [0.2, 0.25) is 0 Å². The van der Waals surface area contributed by atoms with Crippen LogP contribution in [0.2, 0.25) is 0 Å². The predicted octanol–water partition coefficient (Wildman–Crippen LogP) is 2.33. The van der Waals surface area contributed by atoms with Crippen molar-refractivity contribution < 1.29 is 0 Å². The van der Waals surface area contributed by atoms with E-state index in [0.717, 1.165) is 19.6 Å². The normalized spacial score (nSPS) is 19.4. The van der Waals surface area contributed by atoms with Crippen molar-refractivity contribution in [2.45, 2.75) is 32.4 Å². The van der Waals surface area contributed by atoms with E-state index in [1.807, 2.05) is 0 Å². The van der Waals surface area contributed by atoms with E-state index in [-0.39, 0.29) is 0 Å². The molecule has 1 aliphatic rings. The SMILES string of the molecule is CCCNCc1ccccc1N1CCC(N(C)C)C1. The molecule has 1 fully saturated rings. The molecule has 106 valence electrons. The smallest absolute Gasteiger partial charge is 0.0412 e. The molecule has 0 saturated carbocycles. The Morgan fingerprint density at radius 1 is 1.32 bits per heavy atom. The van der Waals surface area contributed by atoms with Crippen LogP contribution in [0, 0.1) is 0 Å². The zero-order chi connectivity index (χ0) is 13.7. The largest absolute Gasteiger partial charge is 0.370 e. The maximum absolute atomic E-state index is 3.51. The average Bonchev–Trinajstić information content (AvgIpc) is 2.89. The molecule has 1 N–H and O–H groups in total. The van der Waals surface area contributed by atoms with Crippen molar-refractivity contribution >= 4 is 5.69 Å². The summed E-state index contributed by atoms with van der Waals surface area (Å²) in [5.41, 5.74) is 2.84. The van der Waals surface area contributed by atoms with Gasteiger partial charge in [-0.2, -0.15) is 0 Å². The quantitative estimate of drug-likeness (QED) is 0.793. The third kappa shape index (κ3) is 3.71. The van der Waals surface area contributed by atoms with Gasteiger partial charge in [0, 0.05) is 31.4 Å². The molecule has 0 amide bonds. The highest BCUT2D eigenvalue weighted by molar-refractivity contribution is 5.54. The van der Waals surface area contributed by atoms with Gasteiger partial charge in [0.25, 0.3) is 0 Å². The van der Waals surface area contributed by atoms with Gasteiger partial charge in [-0.25, -0.2) is 0 Å². The van der Waals surface area contributed by atoms with Crippen LogP contribution in [-0.4, -0.2) is 44.7 Å². The van der Waals surface area contributed by atoms with E-state index < -0.39 is 0 Å². The molecule has 0 aliphatic carbocycles. The molecule has 2 rings (SSSR count). The maximum Gasteiger partial charge on any atom is 0.0412 e. The van der Waals surface area contributed by atoms with Crippen molar-refractivity contribution in [2.75, 3.05) is 38.6 Å². The molecule has 0 radical (unpaired) electrons. The second-order valence-corrected chi connectivity index (χ2v) is 5.66. The Morgan fingerprint density at radius 3 is 2.79 bits per heavy atom. The van der Waals surface area contributed by atoms with Gasteiger partial charge in [0.1, 0.15) is 0 Å². The van der Waals surface area contributed by atoms with Crippen LogP contribution in [0.1, 0.15) is 25.3 Å². The van der Waals surface area contributed by atoms with Crippen molar-refractivity contribution in [2.24, 2.45) is 0 Å². The Kier molecular flexibility index (Phi) is 5.23. The molecule has 3 heteroatoms. The molecule has 0 bridgehead atoms. The van der Waals surface area contributed by atoms with Crippen molar-refractivity contribution in [1.29, 1.82) is 0 Å². The molecular formula is C16H27N3. The lowest BCUT2D eigenvalue weighted by Gasteiger charge is -2.24. The number of nitrogens with zero attached hydrogens (tertiary/aromatic N) is 2. The van der Waals surface area contributed by atoms with Crippen molar-refractivity contribution in [1.82, 2.24) is 10.2 Å². The zero-order valence-corrected chi connectivity index (χ0v) is 12.5. The lowest BCUT2D eigenvalue weighted by atomic mass is 10.1. The molecule has 1 heterocycles. The average molecular weight is 261 g/mol. The summed E-state index contributed by atoms with van der Waals surface area (Å²) in [6, 6.07) is 9.51. The first kappa shape index (κ1) is 14.4.